The van der Waals surface area contributed by atoms with E-state index in [1.807, 2.05) is 0 Å². The van der Waals surface area contributed by atoms with Crippen LogP contribution in [0.15, 0.2) is 243 Å². The third-order valence-electron chi connectivity index (χ3n) is 15.1. The molecule has 0 unspecified atom stereocenters. The quantitative estimate of drug-likeness (QED) is 0.0985. The number of hydrogen-bond acceptors (Lipinski definition) is 4. The molecule has 2 aromatic heterocycles. The van der Waals surface area contributed by atoms with E-state index >= 15 is 0 Å². The highest BCUT2D eigenvalue weighted by Gasteiger charge is 2.25. The molecule has 13 rings (SSSR count). The van der Waals surface area contributed by atoms with Gasteiger partial charge in [-0.3, -0.25) is 0 Å². The Kier molecular flexibility index (Phi) is 11.7. The van der Waals surface area contributed by atoms with E-state index in [-0.39, 0.29) is 0 Å². The molecule has 6 heteroatoms. The number of fused-ring (bicyclic) bond motifs is 6. The van der Waals surface area contributed by atoms with Gasteiger partial charge < -0.3 is 30.4 Å². The van der Waals surface area contributed by atoms with Gasteiger partial charge in [0.05, 0.1) is 56.2 Å². The van der Waals surface area contributed by atoms with E-state index in [1.54, 1.807) is 0 Å². The molecule has 6 nitrogen and oxygen atoms in total. The second kappa shape index (κ2) is 19.2. The summed E-state index contributed by atoms with van der Waals surface area (Å²) in [6.07, 6.45) is 0. The summed E-state index contributed by atoms with van der Waals surface area (Å²) in [4.78, 5) is 0. The maximum absolute atomic E-state index is 3.98. The van der Waals surface area contributed by atoms with Gasteiger partial charge in [-0.05, 0) is 146 Å². The zero-order chi connectivity index (χ0) is 51.3. The minimum absolute atomic E-state index is 0.967. The lowest BCUT2D eigenvalue weighted by Gasteiger charge is -2.24. The van der Waals surface area contributed by atoms with E-state index in [4.69, 9.17) is 0 Å². The molecule has 0 radical (unpaired) electrons. The molecule has 76 heavy (non-hydrogen) atoms. The molecule has 0 aliphatic carbocycles. The number of rotatable bonds is 12. The van der Waals surface area contributed by atoms with Crippen LogP contribution in [-0.4, -0.2) is 9.13 Å². The molecular formula is C70H56N6. The van der Waals surface area contributed by atoms with Crippen LogP contribution in [0.5, 0.6) is 0 Å². The van der Waals surface area contributed by atoms with Crippen LogP contribution in [-0.2, 0) is 0 Å². The van der Waals surface area contributed by atoms with E-state index in [1.165, 1.54) is 22.3 Å². The normalized spacial score (nSPS) is 11.4. The highest BCUT2D eigenvalue weighted by molar-refractivity contribution is 6.20. The lowest BCUT2D eigenvalue weighted by Crippen LogP contribution is -2.06. The Hall–Kier alpha value is -9.78. The second-order valence-electron chi connectivity index (χ2n) is 19.9. The van der Waals surface area contributed by atoms with Crippen LogP contribution in [0.1, 0.15) is 22.3 Å². The molecular weight excluding hydrogens is 925 g/mol. The lowest BCUT2D eigenvalue weighted by atomic mass is 10.00. The van der Waals surface area contributed by atoms with Gasteiger partial charge in [0.2, 0.25) is 0 Å². The van der Waals surface area contributed by atoms with Crippen LogP contribution in [0.2, 0.25) is 0 Å². The molecule has 0 aliphatic rings. The Morgan fingerprint density at radius 1 is 0.250 bits per heavy atom. The molecule has 0 saturated carbocycles. The highest BCUT2D eigenvalue weighted by atomic mass is 15.1. The first-order valence-corrected chi connectivity index (χ1v) is 26.1. The standard InChI is InChI=1S/C70H56N6/c1-45-33-35-53(41-47(45)3)73-67-55(49-21-9-5-10-22-49)37-39-63(69(67)71-51-25-13-7-14-26-51)75-61-31-19-17-29-57(61)59-44-66-60(43-65(59)75)58-30-18-20-32-62(58)76(66)64-40-38-56(50-23-11-6-12-24-50)68(70(64)72-52-27-15-8-16-28-52)74-54-36-34-46(2)48(4)42-54/h5-44,71-74H,1-4H3. The third kappa shape index (κ3) is 8.27. The van der Waals surface area contributed by atoms with Crippen molar-refractivity contribution in [2.75, 3.05) is 21.3 Å². The SMILES string of the molecule is Cc1ccc(Nc2c(-c3ccccc3)ccc(-n3c4ccccc4c4cc5c(cc43)c3ccccc3n5-c3ccc(-c4ccccc4)c(Nc4ccc(C)c(C)c4)c3Nc3ccccc3)c2Nc2ccccc2)cc1C. The fourth-order valence-corrected chi connectivity index (χ4v) is 11.0. The summed E-state index contributed by atoms with van der Waals surface area (Å²) >= 11 is 0. The molecule has 0 amide bonds. The lowest BCUT2D eigenvalue weighted by molar-refractivity contribution is 1.17. The van der Waals surface area contributed by atoms with Crippen molar-refractivity contribution in [3.05, 3.63) is 265 Å². The van der Waals surface area contributed by atoms with Crippen LogP contribution in [0.25, 0.3) is 77.2 Å². The maximum Gasteiger partial charge on any atom is 0.0874 e. The first-order valence-electron chi connectivity index (χ1n) is 26.1. The van der Waals surface area contributed by atoms with Gasteiger partial charge in [-0.2, -0.15) is 0 Å². The Labute approximate surface area is 443 Å². The summed E-state index contributed by atoms with van der Waals surface area (Å²) in [5, 5.41) is 20.5. The van der Waals surface area contributed by atoms with Crippen molar-refractivity contribution in [3.63, 3.8) is 0 Å². The van der Waals surface area contributed by atoms with Crippen molar-refractivity contribution in [1.82, 2.24) is 9.13 Å². The Morgan fingerprint density at radius 2 is 0.605 bits per heavy atom. The average Bonchev–Trinajstić information content (AvgIpc) is 4.07. The molecule has 2 heterocycles. The molecule has 0 bridgehead atoms. The number of nitrogens with zero attached hydrogens (tertiary/aromatic N) is 2. The zero-order valence-corrected chi connectivity index (χ0v) is 43.0. The number of hydrogen-bond donors (Lipinski definition) is 4. The summed E-state index contributed by atoms with van der Waals surface area (Å²) in [5.41, 5.74) is 23.8. The van der Waals surface area contributed by atoms with Gasteiger partial charge in [0, 0.05) is 55.4 Å². The molecule has 0 aliphatic heterocycles. The fourth-order valence-electron chi connectivity index (χ4n) is 11.0. The molecule has 0 atom stereocenters. The number of anilines is 8. The Bertz CT molecular complexity index is 4030. The largest absolute Gasteiger partial charge is 0.353 e. The van der Waals surface area contributed by atoms with Gasteiger partial charge in [0.15, 0.2) is 0 Å². The Morgan fingerprint density at radius 3 is 1.00 bits per heavy atom. The monoisotopic (exact) mass is 980 g/mol. The maximum atomic E-state index is 3.98. The van der Waals surface area contributed by atoms with Gasteiger partial charge in [0.1, 0.15) is 0 Å². The van der Waals surface area contributed by atoms with Gasteiger partial charge in [0.25, 0.3) is 0 Å². The summed E-state index contributed by atoms with van der Waals surface area (Å²) in [6, 6.07) is 87.3. The van der Waals surface area contributed by atoms with Gasteiger partial charge >= 0.3 is 0 Å². The van der Waals surface area contributed by atoms with Crippen molar-refractivity contribution in [1.29, 1.82) is 0 Å². The molecule has 0 spiro atoms. The summed E-state index contributed by atoms with van der Waals surface area (Å²) in [7, 11) is 0. The average molecular weight is 981 g/mol. The van der Waals surface area contributed by atoms with Crippen molar-refractivity contribution in [2.24, 2.45) is 0 Å². The summed E-state index contributed by atoms with van der Waals surface area (Å²) < 4.78 is 4.93. The van der Waals surface area contributed by atoms with E-state index < -0.39 is 0 Å². The molecule has 0 saturated heterocycles. The fraction of sp³-hybridized carbons (Fsp3) is 0.0571. The van der Waals surface area contributed by atoms with Crippen LogP contribution >= 0.6 is 0 Å². The second-order valence-corrected chi connectivity index (χ2v) is 19.9. The van der Waals surface area contributed by atoms with E-state index in [0.717, 1.165) is 123 Å². The van der Waals surface area contributed by atoms with Crippen LogP contribution < -0.4 is 21.3 Å². The van der Waals surface area contributed by atoms with Crippen LogP contribution in [0, 0.1) is 27.7 Å². The third-order valence-corrected chi connectivity index (χ3v) is 15.1. The van der Waals surface area contributed by atoms with Crippen molar-refractivity contribution in [2.45, 2.75) is 27.7 Å². The predicted molar refractivity (Wildman–Crippen MR) is 324 cm³/mol. The topological polar surface area (TPSA) is 58.0 Å². The molecule has 13 aromatic rings. The summed E-state index contributed by atoms with van der Waals surface area (Å²) in [6.45, 7) is 8.68. The molecule has 366 valence electrons. The minimum atomic E-state index is 0.967. The zero-order valence-electron chi connectivity index (χ0n) is 43.0. The van der Waals surface area contributed by atoms with Gasteiger partial charge in [-0.25, -0.2) is 0 Å². The van der Waals surface area contributed by atoms with Crippen molar-refractivity contribution < 1.29 is 0 Å². The predicted octanol–water partition coefficient (Wildman–Crippen LogP) is 19.4. The minimum Gasteiger partial charge on any atom is -0.353 e. The number of para-hydroxylation sites is 4. The van der Waals surface area contributed by atoms with Gasteiger partial charge in [-0.15, -0.1) is 0 Å². The van der Waals surface area contributed by atoms with E-state index in [9.17, 15) is 0 Å². The van der Waals surface area contributed by atoms with E-state index in [2.05, 4.69) is 301 Å². The number of aryl methyl sites for hydroxylation is 4. The first kappa shape index (κ1) is 46.0. The number of nitrogens with one attached hydrogen (secondary N) is 4. The summed E-state index contributed by atoms with van der Waals surface area (Å²) in [5.74, 6) is 0. The highest BCUT2D eigenvalue weighted by Crippen LogP contribution is 2.48. The first-order chi connectivity index (χ1) is 37.3. The van der Waals surface area contributed by atoms with Crippen LogP contribution in [0.3, 0.4) is 0 Å². The Balaban J connectivity index is 1.10. The number of benzene rings is 11. The van der Waals surface area contributed by atoms with E-state index in [0.29, 0.717) is 0 Å². The van der Waals surface area contributed by atoms with Crippen LogP contribution in [0.4, 0.5) is 45.5 Å². The van der Waals surface area contributed by atoms with Gasteiger partial charge in [-0.1, -0.05) is 158 Å². The smallest absolute Gasteiger partial charge is 0.0874 e. The number of aromatic nitrogens is 2. The molecule has 11 aromatic carbocycles. The van der Waals surface area contributed by atoms with Crippen molar-refractivity contribution in [3.8, 4) is 33.6 Å². The molecule has 4 N–H and O–H groups in total. The molecule has 0 fully saturated rings. The van der Waals surface area contributed by atoms with Crippen molar-refractivity contribution >= 4 is 89.1 Å².